The molecule has 5 heteroatoms. The number of pyridine rings is 1. The molecule has 0 spiro atoms. The molecule has 0 aliphatic carbocycles. The summed E-state index contributed by atoms with van der Waals surface area (Å²) in [5.41, 5.74) is 1.09. The summed E-state index contributed by atoms with van der Waals surface area (Å²) in [6.45, 7) is 1.76. The molecule has 1 rings (SSSR count). The quantitative estimate of drug-likeness (QED) is 0.695. The highest BCUT2D eigenvalue weighted by Crippen LogP contribution is 2.02. The molecule has 0 bridgehead atoms. The monoisotopic (exact) mass is 187 g/mol. The van der Waals surface area contributed by atoms with Crippen molar-refractivity contribution in [3.05, 3.63) is 29.6 Å². The second-order valence-corrected chi connectivity index (χ2v) is 3.95. The predicted molar refractivity (Wildman–Crippen MR) is 44.2 cm³/mol. The highest BCUT2D eigenvalue weighted by molar-refractivity contribution is 7.84. The lowest BCUT2D eigenvalue weighted by Crippen LogP contribution is -2.03. The van der Waals surface area contributed by atoms with Crippen LogP contribution in [0.25, 0.3) is 0 Å². The Labute approximate surface area is 71.0 Å². The van der Waals surface area contributed by atoms with Crippen LogP contribution in [0, 0.1) is 6.92 Å². The Morgan fingerprint density at radius 2 is 2.17 bits per heavy atom. The van der Waals surface area contributed by atoms with Crippen LogP contribution >= 0.6 is 0 Å². The molecule has 0 fully saturated rings. The average molecular weight is 187 g/mol. The fourth-order valence-corrected chi connectivity index (χ4v) is 1.40. The number of hydrogen-bond acceptors (Lipinski definition) is 3. The normalized spacial score (nSPS) is 11.5. The molecule has 1 aromatic heterocycles. The van der Waals surface area contributed by atoms with E-state index in [2.05, 4.69) is 4.98 Å². The van der Waals surface area contributed by atoms with Crippen molar-refractivity contribution in [2.75, 3.05) is 0 Å². The first-order chi connectivity index (χ1) is 5.47. The highest BCUT2D eigenvalue weighted by Gasteiger charge is 2.06. The van der Waals surface area contributed by atoms with Gasteiger partial charge >= 0.3 is 0 Å². The van der Waals surface area contributed by atoms with Gasteiger partial charge in [0.05, 0.1) is 5.69 Å². The largest absolute Gasteiger partial charge is 0.285 e. The third-order valence-corrected chi connectivity index (χ3v) is 1.94. The zero-order chi connectivity index (χ0) is 9.19. The molecular formula is C7H9NO3S. The predicted octanol–water partition coefficient (Wildman–Crippen LogP) is 0.778. The van der Waals surface area contributed by atoms with E-state index in [4.69, 9.17) is 4.55 Å². The highest BCUT2D eigenvalue weighted by atomic mass is 32.2. The van der Waals surface area contributed by atoms with Crippen LogP contribution in [-0.2, 0) is 15.9 Å². The summed E-state index contributed by atoms with van der Waals surface area (Å²) in [5, 5.41) is 0. The summed E-state index contributed by atoms with van der Waals surface area (Å²) in [5.74, 6) is -0.422. The van der Waals surface area contributed by atoms with Gasteiger partial charge in [-0.05, 0) is 19.1 Å². The standard InChI is InChI=1S/C7H9NO3S/c1-6-3-2-4-7(8-6)5-12(9,10)11/h2-4H,5H2,1H3,(H,9,10,11). The van der Waals surface area contributed by atoms with Crippen molar-refractivity contribution in [2.45, 2.75) is 12.7 Å². The molecule has 0 aliphatic heterocycles. The Morgan fingerprint density at radius 1 is 1.50 bits per heavy atom. The number of aryl methyl sites for hydroxylation is 1. The molecule has 66 valence electrons. The van der Waals surface area contributed by atoms with E-state index in [9.17, 15) is 8.42 Å². The van der Waals surface area contributed by atoms with E-state index in [0.717, 1.165) is 5.69 Å². The molecule has 0 amide bonds. The maximum Gasteiger partial charge on any atom is 0.270 e. The summed E-state index contributed by atoms with van der Waals surface area (Å²) >= 11 is 0. The SMILES string of the molecule is Cc1cccc(CS(=O)(=O)O)n1. The smallest absolute Gasteiger partial charge is 0.270 e. The van der Waals surface area contributed by atoms with Gasteiger partial charge in [0, 0.05) is 5.69 Å². The number of nitrogens with zero attached hydrogens (tertiary/aromatic N) is 1. The van der Waals surface area contributed by atoms with Crippen molar-refractivity contribution >= 4 is 10.1 Å². The Hall–Kier alpha value is -0.940. The fourth-order valence-electron chi connectivity index (χ4n) is 0.867. The van der Waals surface area contributed by atoms with Gasteiger partial charge in [0.15, 0.2) is 0 Å². The summed E-state index contributed by atoms with van der Waals surface area (Å²) < 4.78 is 29.3. The van der Waals surface area contributed by atoms with E-state index in [1.807, 2.05) is 0 Å². The molecule has 0 saturated carbocycles. The van der Waals surface area contributed by atoms with Crippen molar-refractivity contribution in [1.82, 2.24) is 4.98 Å². The fraction of sp³-hybridized carbons (Fsp3) is 0.286. The van der Waals surface area contributed by atoms with Gasteiger partial charge in [0.25, 0.3) is 10.1 Å². The van der Waals surface area contributed by atoms with Crippen LogP contribution in [0.3, 0.4) is 0 Å². The van der Waals surface area contributed by atoms with Crippen molar-refractivity contribution in [3.8, 4) is 0 Å². The maximum absolute atomic E-state index is 10.4. The zero-order valence-electron chi connectivity index (χ0n) is 6.56. The number of rotatable bonds is 2. The van der Waals surface area contributed by atoms with Crippen molar-refractivity contribution < 1.29 is 13.0 Å². The maximum atomic E-state index is 10.4. The Balaban J connectivity index is 2.91. The van der Waals surface area contributed by atoms with Crippen LogP contribution in [0.2, 0.25) is 0 Å². The molecule has 1 N–H and O–H groups in total. The Morgan fingerprint density at radius 3 is 2.67 bits per heavy atom. The number of aromatic nitrogens is 1. The summed E-state index contributed by atoms with van der Waals surface area (Å²) in [6, 6.07) is 5.01. The van der Waals surface area contributed by atoms with Gasteiger partial charge in [-0.25, -0.2) is 0 Å². The van der Waals surface area contributed by atoms with Gasteiger partial charge in [-0.3, -0.25) is 9.54 Å². The van der Waals surface area contributed by atoms with Crippen molar-refractivity contribution in [3.63, 3.8) is 0 Å². The minimum absolute atomic E-state index is 0.359. The van der Waals surface area contributed by atoms with Gasteiger partial charge in [-0.2, -0.15) is 8.42 Å². The summed E-state index contributed by atoms with van der Waals surface area (Å²) in [6.07, 6.45) is 0. The Kier molecular flexibility index (Phi) is 2.44. The van der Waals surface area contributed by atoms with Gasteiger partial charge in [-0.1, -0.05) is 6.07 Å². The molecule has 0 atom stereocenters. The van der Waals surface area contributed by atoms with Gasteiger partial charge in [0.2, 0.25) is 0 Å². The topological polar surface area (TPSA) is 67.3 Å². The second-order valence-electron chi connectivity index (χ2n) is 2.50. The van der Waals surface area contributed by atoms with Crippen molar-refractivity contribution in [2.24, 2.45) is 0 Å². The van der Waals surface area contributed by atoms with E-state index in [1.54, 1.807) is 25.1 Å². The molecule has 0 aliphatic rings. The lowest BCUT2D eigenvalue weighted by atomic mass is 10.3. The van der Waals surface area contributed by atoms with Crippen LogP contribution in [-0.4, -0.2) is 18.0 Å². The third kappa shape index (κ3) is 2.98. The lowest BCUT2D eigenvalue weighted by molar-refractivity contribution is 0.481. The Bertz CT molecular complexity index is 372. The van der Waals surface area contributed by atoms with E-state index in [-0.39, 0.29) is 0 Å². The molecule has 1 aromatic rings. The van der Waals surface area contributed by atoms with E-state index < -0.39 is 15.9 Å². The molecule has 4 nitrogen and oxygen atoms in total. The van der Waals surface area contributed by atoms with Gasteiger partial charge in [-0.15, -0.1) is 0 Å². The molecule has 0 radical (unpaired) electrons. The van der Waals surface area contributed by atoms with Crippen LogP contribution in [0.15, 0.2) is 18.2 Å². The van der Waals surface area contributed by atoms with Gasteiger partial charge in [0.1, 0.15) is 5.75 Å². The summed E-state index contributed by atoms with van der Waals surface area (Å²) in [7, 11) is -3.96. The molecule has 1 heterocycles. The van der Waals surface area contributed by atoms with Crippen LogP contribution in [0.4, 0.5) is 0 Å². The van der Waals surface area contributed by atoms with Crippen molar-refractivity contribution in [1.29, 1.82) is 0 Å². The minimum Gasteiger partial charge on any atom is -0.285 e. The lowest BCUT2D eigenvalue weighted by Gasteiger charge is -1.97. The van der Waals surface area contributed by atoms with Crippen LogP contribution < -0.4 is 0 Å². The first-order valence-corrected chi connectivity index (χ1v) is 4.96. The van der Waals surface area contributed by atoms with Crippen LogP contribution in [0.1, 0.15) is 11.4 Å². The van der Waals surface area contributed by atoms with E-state index in [0.29, 0.717) is 5.69 Å². The minimum atomic E-state index is -3.96. The molecule has 0 saturated heterocycles. The summed E-state index contributed by atoms with van der Waals surface area (Å²) in [4.78, 5) is 3.92. The number of hydrogen-bond donors (Lipinski definition) is 1. The first kappa shape index (κ1) is 9.15. The second kappa shape index (κ2) is 3.20. The molecular weight excluding hydrogens is 178 g/mol. The average Bonchev–Trinajstić information content (AvgIpc) is 1.82. The molecule has 12 heavy (non-hydrogen) atoms. The zero-order valence-corrected chi connectivity index (χ0v) is 7.37. The molecule has 0 unspecified atom stereocenters. The third-order valence-electron chi connectivity index (χ3n) is 1.28. The van der Waals surface area contributed by atoms with Gasteiger partial charge < -0.3 is 0 Å². The van der Waals surface area contributed by atoms with E-state index >= 15 is 0 Å². The first-order valence-electron chi connectivity index (χ1n) is 3.35. The van der Waals surface area contributed by atoms with Crippen LogP contribution in [0.5, 0.6) is 0 Å². The molecule has 0 aromatic carbocycles. The van der Waals surface area contributed by atoms with E-state index in [1.165, 1.54) is 0 Å².